The first-order valence-electron chi connectivity index (χ1n) is 7.19. The van der Waals surface area contributed by atoms with Gasteiger partial charge in [0, 0.05) is 4.47 Å². The first-order chi connectivity index (χ1) is 11.5. The highest BCUT2D eigenvalue weighted by molar-refractivity contribution is 9.10. The Kier molecular flexibility index (Phi) is 5.08. The first-order valence-corrected chi connectivity index (χ1v) is 9.21. The fourth-order valence-corrected chi connectivity index (χ4v) is 4.20. The lowest BCUT2D eigenvalue weighted by molar-refractivity contribution is -0.113. The Morgan fingerprint density at radius 1 is 1.21 bits per heavy atom. The molecule has 0 atom stereocenters. The molecule has 3 rings (SSSR count). The molecule has 0 N–H and O–H groups in total. The summed E-state index contributed by atoms with van der Waals surface area (Å²) >= 11 is 10.2. The number of rotatable bonds is 3. The van der Waals surface area contributed by atoms with E-state index < -0.39 is 0 Å². The summed E-state index contributed by atoms with van der Waals surface area (Å²) in [5.74, 6) is 0.502. The summed E-state index contributed by atoms with van der Waals surface area (Å²) in [5.41, 5.74) is 2.57. The average molecular weight is 420 g/mol. The number of hydrogen-bond acceptors (Lipinski definition) is 4. The Bertz CT molecular complexity index is 864. The van der Waals surface area contributed by atoms with Crippen LogP contribution in [0.1, 0.15) is 12.5 Å². The van der Waals surface area contributed by atoms with Gasteiger partial charge in [0.05, 0.1) is 17.7 Å². The molecular weight excluding hydrogens is 406 g/mol. The topological polar surface area (TPSA) is 29.5 Å². The van der Waals surface area contributed by atoms with E-state index in [4.69, 9.17) is 17.0 Å². The van der Waals surface area contributed by atoms with Crippen LogP contribution in [-0.2, 0) is 4.79 Å². The smallest absolute Gasteiger partial charge is 0.271 e. The predicted octanol–water partition coefficient (Wildman–Crippen LogP) is 5.25. The summed E-state index contributed by atoms with van der Waals surface area (Å²) in [7, 11) is 1.58. The number of halogens is 1. The Labute approximate surface area is 158 Å². The van der Waals surface area contributed by atoms with Gasteiger partial charge >= 0.3 is 0 Å². The van der Waals surface area contributed by atoms with Gasteiger partial charge in [-0.2, -0.15) is 0 Å². The number of carbonyl (C=O) groups excluding carboxylic acids is 1. The van der Waals surface area contributed by atoms with Crippen LogP contribution in [0.4, 0.5) is 5.69 Å². The number of amides is 1. The molecule has 2 aromatic rings. The van der Waals surface area contributed by atoms with Gasteiger partial charge in [0.2, 0.25) is 0 Å². The molecule has 1 saturated heterocycles. The molecule has 1 aliphatic rings. The standard InChI is InChI=1S/C18H14BrNO2S2/c1-11(12-6-5-7-13(19)10-12)16-17(21)20(18(23)24-16)14-8-3-4-9-15(14)22-2/h3-10H,1-2H3/b16-11-. The van der Waals surface area contributed by atoms with Gasteiger partial charge in [-0.1, -0.05) is 64.2 Å². The van der Waals surface area contributed by atoms with Crippen molar-refractivity contribution in [3.05, 3.63) is 63.5 Å². The first kappa shape index (κ1) is 17.2. The molecule has 1 amide bonds. The normalized spacial score (nSPS) is 16.5. The van der Waals surface area contributed by atoms with Crippen LogP contribution in [0, 0.1) is 0 Å². The van der Waals surface area contributed by atoms with Crippen molar-refractivity contribution in [2.24, 2.45) is 0 Å². The van der Waals surface area contributed by atoms with Crippen molar-refractivity contribution in [1.82, 2.24) is 0 Å². The summed E-state index contributed by atoms with van der Waals surface area (Å²) in [5, 5.41) is 0. The molecule has 1 aliphatic heterocycles. The Morgan fingerprint density at radius 3 is 2.67 bits per heavy atom. The molecule has 122 valence electrons. The molecular formula is C18H14BrNO2S2. The van der Waals surface area contributed by atoms with Crippen molar-refractivity contribution in [2.45, 2.75) is 6.92 Å². The van der Waals surface area contributed by atoms with Crippen LogP contribution >= 0.6 is 39.9 Å². The van der Waals surface area contributed by atoms with E-state index in [0.717, 1.165) is 15.6 Å². The number of para-hydroxylation sites is 2. The molecule has 3 nitrogen and oxygen atoms in total. The fourth-order valence-electron chi connectivity index (χ4n) is 2.47. The van der Waals surface area contributed by atoms with Crippen LogP contribution in [0.5, 0.6) is 5.75 Å². The fraction of sp³-hybridized carbons (Fsp3) is 0.111. The number of benzene rings is 2. The van der Waals surface area contributed by atoms with Crippen LogP contribution in [0.2, 0.25) is 0 Å². The zero-order chi connectivity index (χ0) is 17.3. The van der Waals surface area contributed by atoms with Gasteiger partial charge in [0.15, 0.2) is 4.32 Å². The van der Waals surface area contributed by atoms with Crippen LogP contribution in [0.25, 0.3) is 5.57 Å². The number of hydrogen-bond donors (Lipinski definition) is 0. The second-order valence-electron chi connectivity index (χ2n) is 5.14. The van der Waals surface area contributed by atoms with E-state index in [2.05, 4.69) is 15.9 Å². The number of carbonyl (C=O) groups is 1. The predicted molar refractivity (Wildman–Crippen MR) is 107 cm³/mol. The van der Waals surface area contributed by atoms with Crippen LogP contribution in [0.15, 0.2) is 57.9 Å². The van der Waals surface area contributed by atoms with Gasteiger partial charge in [-0.25, -0.2) is 0 Å². The van der Waals surface area contributed by atoms with Crippen molar-refractivity contribution >= 4 is 61.4 Å². The Morgan fingerprint density at radius 2 is 1.96 bits per heavy atom. The number of thioether (sulfide) groups is 1. The molecule has 0 bridgehead atoms. The molecule has 0 spiro atoms. The van der Waals surface area contributed by atoms with Gasteiger partial charge in [-0.3, -0.25) is 9.69 Å². The van der Waals surface area contributed by atoms with Gasteiger partial charge < -0.3 is 4.74 Å². The highest BCUT2D eigenvalue weighted by Gasteiger charge is 2.36. The molecule has 1 fully saturated rings. The van der Waals surface area contributed by atoms with E-state index in [9.17, 15) is 4.79 Å². The number of nitrogens with zero attached hydrogens (tertiary/aromatic N) is 1. The number of anilines is 1. The largest absolute Gasteiger partial charge is 0.495 e. The van der Waals surface area contributed by atoms with Crippen molar-refractivity contribution in [1.29, 1.82) is 0 Å². The molecule has 1 heterocycles. The highest BCUT2D eigenvalue weighted by Crippen LogP contribution is 2.42. The van der Waals surface area contributed by atoms with Crippen LogP contribution in [0.3, 0.4) is 0 Å². The lowest BCUT2D eigenvalue weighted by Gasteiger charge is -2.17. The number of methoxy groups -OCH3 is 1. The lowest BCUT2D eigenvalue weighted by atomic mass is 10.1. The van der Waals surface area contributed by atoms with Crippen LogP contribution < -0.4 is 9.64 Å². The van der Waals surface area contributed by atoms with E-state index in [0.29, 0.717) is 20.7 Å². The minimum Gasteiger partial charge on any atom is -0.495 e. The summed E-state index contributed by atoms with van der Waals surface area (Å²) in [6.07, 6.45) is 0. The van der Waals surface area contributed by atoms with E-state index in [-0.39, 0.29) is 5.91 Å². The average Bonchev–Trinajstić information content (AvgIpc) is 2.88. The van der Waals surface area contributed by atoms with Crippen molar-refractivity contribution in [3.63, 3.8) is 0 Å². The second-order valence-corrected chi connectivity index (χ2v) is 7.70. The molecule has 0 unspecified atom stereocenters. The maximum absolute atomic E-state index is 13.0. The molecule has 2 aromatic carbocycles. The Hall–Kier alpha value is -1.63. The monoisotopic (exact) mass is 419 g/mol. The maximum Gasteiger partial charge on any atom is 0.271 e. The lowest BCUT2D eigenvalue weighted by Crippen LogP contribution is -2.28. The summed E-state index contributed by atoms with van der Waals surface area (Å²) in [6, 6.07) is 15.3. The van der Waals surface area contributed by atoms with E-state index in [1.807, 2.05) is 55.5 Å². The molecule has 0 aromatic heterocycles. The number of thiocarbonyl (C=S) groups is 1. The second kappa shape index (κ2) is 7.09. The third kappa shape index (κ3) is 3.14. The third-order valence-electron chi connectivity index (χ3n) is 3.69. The molecule has 0 aliphatic carbocycles. The molecule has 0 saturated carbocycles. The SMILES string of the molecule is COc1ccccc1N1C(=O)/C(=C(\C)c2cccc(Br)c2)SC1=S. The molecule has 24 heavy (non-hydrogen) atoms. The van der Waals surface area contributed by atoms with Gasteiger partial charge in [-0.15, -0.1) is 0 Å². The van der Waals surface area contributed by atoms with Gasteiger partial charge in [-0.05, 0) is 42.3 Å². The maximum atomic E-state index is 13.0. The van der Waals surface area contributed by atoms with Gasteiger partial charge in [0.1, 0.15) is 5.75 Å². The van der Waals surface area contributed by atoms with E-state index in [1.165, 1.54) is 16.7 Å². The Balaban J connectivity index is 2.05. The highest BCUT2D eigenvalue weighted by atomic mass is 79.9. The molecule has 0 radical (unpaired) electrons. The zero-order valence-corrected chi connectivity index (χ0v) is 16.3. The minimum absolute atomic E-state index is 0.119. The summed E-state index contributed by atoms with van der Waals surface area (Å²) < 4.78 is 6.85. The van der Waals surface area contributed by atoms with Crippen molar-refractivity contribution in [3.8, 4) is 5.75 Å². The van der Waals surface area contributed by atoms with E-state index in [1.54, 1.807) is 7.11 Å². The third-order valence-corrected chi connectivity index (χ3v) is 5.66. The summed E-state index contributed by atoms with van der Waals surface area (Å²) in [6.45, 7) is 1.94. The number of ether oxygens (including phenoxy) is 1. The van der Waals surface area contributed by atoms with E-state index >= 15 is 0 Å². The number of allylic oxidation sites excluding steroid dienone is 1. The van der Waals surface area contributed by atoms with Crippen LogP contribution in [-0.4, -0.2) is 17.3 Å². The molecule has 6 heteroatoms. The quantitative estimate of drug-likeness (QED) is 0.501. The summed E-state index contributed by atoms with van der Waals surface area (Å²) in [4.78, 5) is 15.2. The van der Waals surface area contributed by atoms with Crippen molar-refractivity contribution < 1.29 is 9.53 Å². The minimum atomic E-state index is -0.119. The van der Waals surface area contributed by atoms with Gasteiger partial charge in [0.25, 0.3) is 5.91 Å². The zero-order valence-electron chi connectivity index (χ0n) is 13.1. The van der Waals surface area contributed by atoms with Crippen molar-refractivity contribution in [2.75, 3.05) is 12.0 Å².